The number of hydrogen-bond acceptors (Lipinski definition) is 4. The van der Waals surface area contributed by atoms with Gasteiger partial charge in [0.15, 0.2) is 0 Å². The van der Waals surface area contributed by atoms with Gasteiger partial charge in [-0.3, -0.25) is 9.59 Å². The van der Waals surface area contributed by atoms with Crippen LogP contribution in [0.2, 0.25) is 0 Å². The molecule has 0 aliphatic carbocycles. The van der Waals surface area contributed by atoms with Crippen LogP contribution in [0.5, 0.6) is 0 Å². The molecule has 1 aliphatic rings. The number of carbonyl (C=O) groups excluding carboxylic acids is 2. The van der Waals surface area contributed by atoms with E-state index in [4.69, 9.17) is 0 Å². The van der Waals surface area contributed by atoms with Crippen molar-refractivity contribution < 1.29 is 9.59 Å². The topological polar surface area (TPSA) is 62.3 Å². The zero-order chi connectivity index (χ0) is 19.1. The lowest BCUT2D eigenvalue weighted by atomic mass is 10.1. The fraction of sp³-hybridized carbons (Fsp3) is 0.250. The first kappa shape index (κ1) is 18.1. The van der Waals surface area contributed by atoms with Crippen molar-refractivity contribution in [2.75, 3.05) is 16.8 Å². The number of fused-ring (bicyclic) bond motifs is 1. The van der Waals surface area contributed by atoms with Gasteiger partial charge in [0.1, 0.15) is 0 Å². The highest BCUT2D eigenvalue weighted by atomic mass is 79.9. The minimum absolute atomic E-state index is 0.0339. The number of rotatable bonds is 3. The molecule has 2 heterocycles. The van der Waals surface area contributed by atoms with Gasteiger partial charge in [0, 0.05) is 28.8 Å². The predicted molar refractivity (Wildman–Crippen MR) is 112 cm³/mol. The minimum atomic E-state index is -0.366. The van der Waals surface area contributed by atoms with Gasteiger partial charge in [0.05, 0.1) is 21.1 Å². The van der Waals surface area contributed by atoms with Crippen LogP contribution >= 0.6 is 27.3 Å². The van der Waals surface area contributed by atoms with Gasteiger partial charge < -0.3 is 10.2 Å². The molecule has 5 nitrogen and oxygen atoms in total. The monoisotopic (exact) mass is 443 g/mol. The van der Waals surface area contributed by atoms with Crippen LogP contribution in [-0.2, 0) is 9.59 Å². The van der Waals surface area contributed by atoms with E-state index in [9.17, 15) is 9.59 Å². The minimum Gasteiger partial charge on any atom is -0.326 e. The number of anilines is 2. The average molecular weight is 444 g/mol. The molecule has 1 unspecified atom stereocenters. The third kappa shape index (κ3) is 3.61. The average Bonchev–Trinajstić information content (AvgIpc) is 3.19. The maximum Gasteiger partial charge on any atom is 0.229 e. The number of nitrogens with one attached hydrogen (secondary N) is 1. The molecule has 27 heavy (non-hydrogen) atoms. The highest BCUT2D eigenvalue weighted by Gasteiger charge is 2.35. The molecular formula is C20H18BrN3O2S. The maximum atomic E-state index is 12.6. The quantitative estimate of drug-likeness (QED) is 0.639. The van der Waals surface area contributed by atoms with Crippen LogP contribution in [0.15, 0.2) is 40.9 Å². The Hall–Kier alpha value is -2.25. The molecule has 138 valence electrons. The van der Waals surface area contributed by atoms with Crippen LogP contribution in [0.3, 0.4) is 0 Å². The van der Waals surface area contributed by atoms with Crippen LogP contribution in [0.25, 0.3) is 10.2 Å². The van der Waals surface area contributed by atoms with Crippen molar-refractivity contribution in [2.45, 2.75) is 20.3 Å². The molecule has 1 atom stereocenters. The molecule has 0 saturated carbocycles. The third-order valence-corrected chi connectivity index (χ3v) is 6.55. The normalized spacial score (nSPS) is 16.9. The SMILES string of the molecule is Cc1nc2cc(N3CC(C(=O)Nc4ccc(Br)c(C)c4)CC3=O)ccc2s1. The Morgan fingerprint density at radius 3 is 2.85 bits per heavy atom. The van der Waals surface area contributed by atoms with Crippen molar-refractivity contribution in [2.24, 2.45) is 5.92 Å². The summed E-state index contributed by atoms with van der Waals surface area (Å²) in [5.41, 5.74) is 3.48. The van der Waals surface area contributed by atoms with Gasteiger partial charge in [0.25, 0.3) is 0 Å². The van der Waals surface area contributed by atoms with E-state index in [1.165, 1.54) is 0 Å². The summed E-state index contributed by atoms with van der Waals surface area (Å²) < 4.78 is 2.10. The first-order chi connectivity index (χ1) is 12.9. The summed E-state index contributed by atoms with van der Waals surface area (Å²) in [6.07, 6.45) is 0.218. The van der Waals surface area contributed by atoms with Gasteiger partial charge in [-0.25, -0.2) is 4.98 Å². The van der Waals surface area contributed by atoms with E-state index in [0.717, 1.165) is 36.6 Å². The number of carbonyl (C=O) groups is 2. The summed E-state index contributed by atoms with van der Waals surface area (Å²) in [5, 5.41) is 3.93. The van der Waals surface area contributed by atoms with E-state index in [2.05, 4.69) is 26.2 Å². The van der Waals surface area contributed by atoms with Crippen LogP contribution in [0.4, 0.5) is 11.4 Å². The van der Waals surface area contributed by atoms with E-state index in [0.29, 0.717) is 6.54 Å². The lowest BCUT2D eigenvalue weighted by Crippen LogP contribution is -2.28. The second-order valence-corrected chi connectivity index (χ2v) is 8.83. The lowest BCUT2D eigenvalue weighted by Gasteiger charge is -2.17. The van der Waals surface area contributed by atoms with Crippen molar-refractivity contribution in [1.82, 2.24) is 4.98 Å². The third-order valence-electron chi connectivity index (χ3n) is 4.71. The zero-order valence-electron chi connectivity index (χ0n) is 15.0. The van der Waals surface area contributed by atoms with Gasteiger partial charge in [0.2, 0.25) is 11.8 Å². The largest absolute Gasteiger partial charge is 0.326 e. The van der Waals surface area contributed by atoms with Crippen LogP contribution in [0.1, 0.15) is 17.0 Å². The van der Waals surface area contributed by atoms with Crippen molar-refractivity contribution in [1.29, 1.82) is 0 Å². The first-order valence-electron chi connectivity index (χ1n) is 8.65. The fourth-order valence-corrected chi connectivity index (χ4v) is 4.35. The molecule has 0 spiro atoms. The summed E-state index contributed by atoms with van der Waals surface area (Å²) in [6, 6.07) is 11.5. The number of aryl methyl sites for hydroxylation is 2. The molecule has 0 bridgehead atoms. The second kappa shape index (κ2) is 7.05. The number of hydrogen-bond donors (Lipinski definition) is 1. The summed E-state index contributed by atoms with van der Waals surface area (Å²) >= 11 is 5.08. The number of nitrogens with zero attached hydrogens (tertiary/aromatic N) is 2. The number of amides is 2. The van der Waals surface area contributed by atoms with E-state index in [1.54, 1.807) is 16.2 Å². The van der Waals surface area contributed by atoms with E-state index in [-0.39, 0.29) is 24.2 Å². The molecule has 1 aliphatic heterocycles. The molecule has 1 aromatic heterocycles. The van der Waals surface area contributed by atoms with Crippen molar-refractivity contribution in [3.8, 4) is 0 Å². The van der Waals surface area contributed by atoms with Crippen molar-refractivity contribution >= 4 is 60.7 Å². The summed E-state index contributed by atoms with van der Waals surface area (Å²) in [7, 11) is 0. The van der Waals surface area contributed by atoms with Crippen LogP contribution in [-0.4, -0.2) is 23.3 Å². The van der Waals surface area contributed by atoms with Gasteiger partial charge in [-0.1, -0.05) is 15.9 Å². The highest BCUT2D eigenvalue weighted by Crippen LogP contribution is 2.31. The lowest BCUT2D eigenvalue weighted by molar-refractivity contribution is -0.122. The highest BCUT2D eigenvalue weighted by molar-refractivity contribution is 9.10. The molecule has 1 N–H and O–H groups in total. The number of thiazole rings is 1. The first-order valence-corrected chi connectivity index (χ1v) is 10.3. The fourth-order valence-electron chi connectivity index (χ4n) is 3.30. The van der Waals surface area contributed by atoms with Crippen molar-refractivity contribution in [3.05, 3.63) is 51.4 Å². The predicted octanol–water partition coefficient (Wildman–Crippen LogP) is 4.67. The van der Waals surface area contributed by atoms with Crippen molar-refractivity contribution in [3.63, 3.8) is 0 Å². The Kier molecular flexibility index (Phi) is 4.74. The van der Waals surface area contributed by atoms with Crippen LogP contribution in [0, 0.1) is 19.8 Å². The molecule has 2 amide bonds. The Labute approximate surface area is 169 Å². The second-order valence-electron chi connectivity index (χ2n) is 6.74. The zero-order valence-corrected chi connectivity index (χ0v) is 17.4. The molecule has 1 fully saturated rings. The van der Waals surface area contributed by atoms with Gasteiger partial charge >= 0.3 is 0 Å². The van der Waals surface area contributed by atoms with Gasteiger partial charge in [-0.05, 0) is 55.8 Å². The van der Waals surface area contributed by atoms with E-state index in [1.807, 2.05) is 50.2 Å². The molecule has 2 aromatic carbocycles. The summed E-state index contributed by atoms with van der Waals surface area (Å²) in [6.45, 7) is 4.32. The molecule has 4 rings (SSSR count). The van der Waals surface area contributed by atoms with Gasteiger partial charge in [-0.2, -0.15) is 0 Å². The number of halogens is 1. The Bertz CT molecular complexity index is 1060. The molecular weight excluding hydrogens is 426 g/mol. The Morgan fingerprint density at radius 2 is 2.07 bits per heavy atom. The Balaban J connectivity index is 1.50. The van der Waals surface area contributed by atoms with E-state index >= 15 is 0 Å². The maximum absolute atomic E-state index is 12.6. The van der Waals surface area contributed by atoms with Crippen LogP contribution < -0.4 is 10.2 Å². The number of aromatic nitrogens is 1. The molecule has 1 saturated heterocycles. The molecule has 0 radical (unpaired) electrons. The summed E-state index contributed by atoms with van der Waals surface area (Å²) in [5.74, 6) is -0.527. The standard InChI is InChI=1S/C20H18BrN3O2S/c1-11-7-14(3-5-16(11)21)23-20(26)13-8-19(25)24(10-13)15-4-6-18-17(9-15)22-12(2)27-18/h3-7,9,13H,8,10H2,1-2H3,(H,23,26). The summed E-state index contributed by atoms with van der Waals surface area (Å²) in [4.78, 5) is 31.3. The smallest absolute Gasteiger partial charge is 0.229 e. The number of benzene rings is 2. The molecule has 3 aromatic rings. The Morgan fingerprint density at radius 1 is 1.26 bits per heavy atom. The molecule has 7 heteroatoms. The van der Waals surface area contributed by atoms with Gasteiger partial charge in [-0.15, -0.1) is 11.3 Å². The van der Waals surface area contributed by atoms with E-state index < -0.39 is 0 Å².